The van der Waals surface area contributed by atoms with Gasteiger partial charge in [-0.05, 0) is 128 Å². The van der Waals surface area contributed by atoms with Crippen molar-refractivity contribution in [2.24, 2.45) is 0 Å². The van der Waals surface area contributed by atoms with E-state index in [2.05, 4.69) is 152 Å². The van der Waals surface area contributed by atoms with Crippen molar-refractivity contribution in [3.8, 4) is 22.6 Å². The molecule has 5 atom stereocenters. The van der Waals surface area contributed by atoms with Crippen molar-refractivity contribution in [3.05, 3.63) is 178 Å². The van der Waals surface area contributed by atoms with Gasteiger partial charge in [0.25, 0.3) is 0 Å². The van der Waals surface area contributed by atoms with E-state index in [0.29, 0.717) is 0 Å². The molecule has 0 amide bonds. The second kappa shape index (κ2) is 18.3. The SMILES string of the molecule is CC(C)(C)[P@]1COc2cccc(-c3cccc4c3[P@](C(C)(C)C)CO4)c21.Cc1ccccc1C1CCc2ccccc2C1=O.Cc1ccccc1[C@@H]1CCc2ccccc2[C@@H]1O. The number of aryl methyl sites for hydroxylation is 4. The Bertz CT molecular complexity index is 2490. The number of rotatable bonds is 3. The van der Waals surface area contributed by atoms with Crippen LogP contribution in [-0.2, 0) is 12.8 Å². The van der Waals surface area contributed by atoms with Crippen LogP contribution in [0.5, 0.6) is 11.5 Å². The molecule has 1 N–H and O–H groups in total. The monoisotopic (exact) mass is 860 g/mol. The van der Waals surface area contributed by atoms with Gasteiger partial charge in [-0.3, -0.25) is 4.79 Å². The molecular formula is C56H62O4P2. The molecule has 0 saturated carbocycles. The Kier molecular flexibility index (Phi) is 13.0. The Hall–Kier alpha value is -4.59. The molecule has 320 valence electrons. The number of benzene rings is 6. The van der Waals surface area contributed by atoms with Crippen LogP contribution in [0.15, 0.2) is 133 Å². The second-order valence-corrected chi connectivity index (χ2v) is 25.0. The normalized spacial score (nSPS) is 21.0. The van der Waals surface area contributed by atoms with Crippen LogP contribution in [0.3, 0.4) is 0 Å². The van der Waals surface area contributed by atoms with Crippen molar-refractivity contribution < 1.29 is 19.4 Å². The number of ether oxygens (including phenoxy) is 2. The first-order valence-electron chi connectivity index (χ1n) is 22.3. The number of carbonyl (C=O) groups is 1. The fourth-order valence-corrected chi connectivity index (χ4v) is 14.4. The molecule has 0 fully saturated rings. The lowest BCUT2D eigenvalue weighted by atomic mass is 9.77. The van der Waals surface area contributed by atoms with Gasteiger partial charge in [0, 0.05) is 28.0 Å². The van der Waals surface area contributed by atoms with E-state index in [4.69, 9.17) is 9.47 Å². The average molecular weight is 861 g/mol. The minimum absolute atomic E-state index is 0.0427. The summed E-state index contributed by atoms with van der Waals surface area (Å²) in [6.07, 6.45) is 5.34. The molecule has 0 spiro atoms. The first-order chi connectivity index (χ1) is 29.7. The van der Waals surface area contributed by atoms with Gasteiger partial charge in [0.1, 0.15) is 24.2 Å². The van der Waals surface area contributed by atoms with Crippen molar-refractivity contribution in [1.29, 1.82) is 0 Å². The third kappa shape index (κ3) is 8.95. The van der Waals surface area contributed by atoms with Gasteiger partial charge in [0.15, 0.2) is 5.78 Å². The molecule has 0 bridgehead atoms. The molecule has 6 aromatic rings. The summed E-state index contributed by atoms with van der Waals surface area (Å²) in [5.41, 5.74) is 12.2. The molecule has 2 heterocycles. The van der Waals surface area contributed by atoms with Crippen LogP contribution < -0.4 is 20.1 Å². The lowest BCUT2D eigenvalue weighted by Crippen LogP contribution is -2.22. The van der Waals surface area contributed by atoms with Gasteiger partial charge in [-0.15, -0.1) is 0 Å². The van der Waals surface area contributed by atoms with Gasteiger partial charge < -0.3 is 14.6 Å². The van der Waals surface area contributed by atoms with Crippen molar-refractivity contribution in [3.63, 3.8) is 0 Å². The molecule has 0 radical (unpaired) electrons. The highest BCUT2D eigenvalue weighted by Gasteiger charge is 2.40. The summed E-state index contributed by atoms with van der Waals surface area (Å²) in [4.78, 5) is 12.6. The summed E-state index contributed by atoms with van der Waals surface area (Å²) >= 11 is 0. The number of fused-ring (bicyclic) bond motifs is 4. The first kappa shape index (κ1) is 44.0. The van der Waals surface area contributed by atoms with Crippen LogP contribution in [0, 0.1) is 13.8 Å². The van der Waals surface area contributed by atoms with Gasteiger partial charge in [-0.1, -0.05) is 163 Å². The highest BCUT2D eigenvalue weighted by Crippen LogP contribution is 2.59. The molecular weight excluding hydrogens is 799 g/mol. The maximum absolute atomic E-state index is 12.6. The molecule has 1 unspecified atom stereocenters. The topological polar surface area (TPSA) is 55.8 Å². The van der Waals surface area contributed by atoms with Gasteiger partial charge in [-0.2, -0.15) is 0 Å². The fraction of sp³-hybridized carbons (Fsp3) is 0.339. The molecule has 0 aromatic heterocycles. The molecule has 2 aliphatic carbocycles. The molecule has 6 heteroatoms. The summed E-state index contributed by atoms with van der Waals surface area (Å²) < 4.78 is 12.2. The lowest BCUT2D eigenvalue weighted by molar-refractivity contribution is 0.0945. The van der Waals surface area contributed by atoms with E-state index in [1.165, 1.54) is 55.1 Å². The summed E-state index contributed by atoms with van der Waals surface area (Å²) in [6, 6.07) is 46.0. The molecule has 10 rings (SSSR count). The van der Waals surface area contributed by atoms with E-state index < -0.39 is 0 Å². The maximum Gasteiger partial charge on any atom is 0.170 e. The van der Waals surface area contributed by atoms with E-state index in [9.17, 15) is 9.90 Å². The van der Waals surface area contributed by atoms with Crippen molar-refractivity contribution >= 4 is 32.2 Å². The number of hydrogen-bond acceptors (Lipinski definition) is 4. The van der Waals surface area contributed by atoms with Crippen LogP contribution in [0.1, 0.15) is 122 Å². The zero-order valence-corrected chi connectivity index (χ0v) is 39.5. The molecule has 4 nitrogen and oxygen atoms in total. The Labute approximate surface area is 372 Å². The van der Waals surface area contributed by atoms with Crippen LogP contribution in [0.25, 0.3) is 11.1 Å². The Balaban J connectivity index is 0.000000131. The molecule has 6 aromatic carbocycles. The fourth-order valence-electron chi connectivity index (χ4n) is 9.66. The highest BCUT2D eigenvalue weighted by molar-refractivity contribution is 7.68. The molecule has 2 aliphatic heterocycles. The van der Waals surface area contributed by atoms with Crippen LogP contribution in [0.4, 0.5) is 0 Å². The number of aliphatic hydroxyl groups is 1. The zero-order chi connectivity index (χ0) is 43.8. The second-order valence-electron chi connectivity index (χ2n) is 19.2. The summed E-state index contributed by atoms with van der Waals surface area (Å²) in [7, 11) is -0.702. The molecule has 4 aliphatic rings. The van der Waals surface area contributed by atoms with Gasteiger partial charge in [-0.25, -0.2) is 0 Å². The van der Waals surface area contributed by atoms with E-state index in [-0.39, 0.29) is 49.9 Å². The van der Waals surface area contributed by atoms with Crippen LogP contribution in [-0.4, -0.2) is 33.9 Å². The number of ketones is 1. The Morgan fingerprint density at radius 1 is 0.516 bits per heavy atom. The summed E-state index contributed by atoms with van der Waals surface area (Å²) in [5, 5.41) is 14.0. The number of hydrogen-bond donors (Lipinski definition) is 1. The number of aliphatic hydroxyl groups excluding tert-OH is 1. The smallest absolute Gasteiger partial charge is 0.170 e. The standard InChI is InChI=1S/C22H28O2P2.C17H18O.C17H16O/c1-21(2,3)25-13-23-17-11-7-9-15(19(17)25)16-10-8-12-18-20(16)26(14-24-18)22(4,5)6;2*1-12-6-2-4-8-14(12)16-11-10-13-7-3-5-9-15(13)17(16)18/h7-12H,13-14H2,1-6H3;2-9,16-18H,10-11H2,1H3;2-9,16H,10-11H2,1H3/t25-,26-;16-,17-;/m10./s1. The van der Waals surface area contributed by atoms with Crippen molar-refractivity contribution in [1.82, 2.24) is 0 Å². The van der Waals surface area contributed by atoms with Crippen molar-refractivity contribution in [2.45, 2.75) is 109 Å². The van der Waals surface area contributed by atoms with Gasteiger partial charge in [0.2, 0.25) is 0 Å². The minimum atomic E-state index is -0.365. The predicted octanol–water partition coefficient (Wildman–Crippen LogP) is 13.5. The maximum atomic E-state index is 12.6. The zero-order valence-electron chi connectivity index (χ0n) is 37.7. The molecule has 62 heavy (non-hydrogen) atoms. The Morgan fingerprint density at radius 3 is 1.52 bits per heavy atom. The van der Waals surface area contributed by atoms with E-state index in [1.54, 1.807) is 0 Å². The van der Waals surface area contributed by atoms with E-state index in [0.717, 1.165) is 61.0 Å². The quantitative estimate of drug-likeness (QED) is 0.180. The summed E-state index contributed by atoms with van der Waals surface area (Å²) in [5.74, 6) is 2.73. The van der Waals surface area contributed by atoms with Gasteiger partial charge >= 0.3 is 0 Å². The summed E-state index contributed by atoms with van der Waals surface area (Å²) in [6.45, 7) is 18.3. The van der Waals surface area contributed by atoms with Crippen molar-refractivity contribution in [2.75, 3.05) is 12.7 Å². The molecule has 0 saturated heterocycles. The van der Waals surface area contributed by atoms with E-state index in [1.807, 2.05) is 36.4 Å². The number of Topliss-reactive ketones (excluding diaryl/α,β-unsaturated/α-hetero) is 1. The first-order valence-corrected chi connectivity index (χ1v) is 25.3. The Morgan fingerprint density at radius 2 is 0.968 bits per heavy atom. The lowest BCUT2D eigenvalue weighted by Gasteiger charge is -2.31. The van der Waals surface area contributed by atoms with Crippen LogP contribution in [0.2, 0.25) is 0 Å². The largest absolute Gasteiger partial charge is 0.488 e. The van der Waals surface area contributed by atoms with Gasteiger partial charge in [0.05, 0.1) is 6.10 Å². The third-order valence-corrected chi connectivity index (χ3v) is 19.1. The van der Waals surface area contributed by atoms with E-state index >= 15 is 0 Å². The number of carbonyl (C=O) groups excluding carboxylic acids is 1. The average Bonchev–Trinajstić information content (AvgIpc) is 3.92. The van der Waals surface area contributed by atoms with Crippen LogP contribution >= 0.6 is 15.8 Å². The highest BCUT2D eigenvalue weighted by atomic mass is 31.1. The predicted molar refractivity (Wildman–Crippen MR) is 262 cm³/mol. The minimum Gasteiger partial charge on any atom is -0.488 e. The third-order valence-electron chi connectivity index (χ3n) is 13.1.